The second-order valence-corrected chi connectivity index (χ2v) is 3.66. The lowest BCUT2D eigenvalue weighted by atomic mass is 10.2. The Morgan fingerprint density at radius 2 is 2.05 bits per heavy atom. The Morgan fingerprint density at radius 1 is 1.32 bits per heavy atom. The van der Waals surface area contributed by atoms with Gasteiger partial charge in [-0.1, -0.05) is 0 Å². The van der Waals surface area contributed by atoms with E-state index < -0.39 is 11.7 Å². The van der Waals surface area contributed by atoms with Crippen molar-refractivity contribution in [3.8, 4) is 17.2 Å². The number of hydrogen-bond donors (Lipinski definition) is 2. The molecule has 0 unspecified atom stereocenters. The highest BCUT2D eigenvalue weighted by Gasteiger charge is 2.18. The van der Waals surface area contributed by atoms with Gasteiger partial charge in [-0.2, -0.15) is 0 Å². The Hall–Kier alpha value is -2.70. The zero-order valence-corrected chi connectivity index (χ0v) is 10.3. The van der Waals surface area contributed by atoms with Crippen LogP contribution in [0, 0.1) is 0 Å². The van der Waals surface area contributed by atoms with Gasteiger partial charge in [0.2, 0.25) is 0 Å². The maximum Gasteiger partial charge on any atom is 0.354 e. The monoisotopic (exact) mass is 264 g/mol. The largest absolute Gasteiger partial charge is 0.497 e. The van der Waals surface area contributed by atoms with Crippen LogP contribution in [0.15, 0.2) is 29.2 Å². The number of H-pyrrole nitrogens is 1. The van der Waals surface area contributed by atoms with Crippen molar-refractivity contribution in [3.63, 3.8) is 0 Å². The van der Waals surface area contributed by atoms with E-state index in [1.165, 1.54) is 20.3 Å². The average Bonchev–Trinajstić information content (AvgIpc) is 2.80. The maximum atomic E-state index is 11.8. The molecule has 19 heavy (non-hydrogen) atoms. The minimum absolute atomic E-state index is 0.184. The molecular formula is C12H12N2O5. The first-order valence-corrected chi connectivity index (χ1v) is 5.34. The fourth-order valence-corrected chi connectivity index (χ4v) is 1.74. The summed E-state index contributed by atoms with van der Waals surface area (Å²) in [4.78, 5) is 25.2. The standard InChI is InChI=1S/C12H12N2O5/c1-18-7-3-4-10(19-2)8(5-7)14-9(11(15)16)6-13-12(14)17/h3-6H,1-2H3,(H,13,17)(H,15,16). The first kappa shape index (κ1) is 12.7. The lowest BCUT2D eigenvalue weighted by Gasteiger charge is -2.11. The van der Waals surface area contributed by atoms with Crippen LogP contribution in [0.25, 0.3) is 5.69 Å². The molecule has 7 heteroatoms. The van der Waals surface area contributed by atoms with E-state index in [4.69, 9.17) is 14.6 Å². The second kappa shape index (κ2) is 4.89. The van der Waals surface area contributed by atoms with Gasteiger partial charge in [0.15, 0.2) is 5.69 Å². The molecule has 2 N–H and O–H groups in total. The van der Waals surface area contributed by atoms with Gasteiger partial charge >= 0.3 is 11.7 Å². The Bertz CT molecular complexity index is 671. The Balaban J connectivity index is 2.73. The Labute approximate surface area is 108 Å². The molecular weight excluding hydrogens is 252 g/mol. The molecule has 0 aliphatic rings. The number of aromatic carboxylic acids is 1. The molecule has 0 aliphatic heterocycles. The number of rotatable bonds is 4. The van der Waals surface area contributed by atoms with Gasteiger partial charge < -0.3 is 19.6 Å². The number of carbonyl (C=O) groups is 1. The third-order valence-electron chi connectivity index (χ3n) is 2.62. The molecule has 0 radical (unpaired) electrons. The van der Waals surface area contributed by atoms with Crippen LogP contribution in [0.3, 0.4) is 0 Å². The van der Waals surface area contributed by atoms with Crippen molar-refractivity contribution in [2.75, 3.05) is 14.2 Å². The number of ether oxygens (including phenoxy) is 2. The predicted octanol–water partition coefficient (Wildman–Crippen LogP) is 0.881. The topological polar surface area (TPSA) is 93.5 Å². The SMILES string of the molecule is COc1ccc(OC)c(-n2c(C(=O)O)c[nH]c2=O)c1. The van der Waals surface area contributed by atoms with Gasteiger partial charge in [0.25, 0.3) is 0 Å². The maximum absolute atomic E-state index is 11.8. The van der Waals surface area contributed by atoms with Crippen LogP contribution in [0.4, 0.5) is 0 Å². The van der Waals surface area contributed by atoms with Crippen LogP contribution in [0.5, 0.6) is 11.5 Å². The Morgan fingerprint density at radius 3 is 2.63 bits per heavy atom. The second-order valence-electron chi connectivity index (χ2n) is 3.66. The number of methoxy groups -OCH3 is 2. The molecule has 2 aromatic rings. The van der Waals surface area contributed by atoms with E-state index in [9.17, 15) is 9.59 Å². The zero-order valence-electron chi connectivity index (χ0n) is 10.3. The van der Waals surface area contributed by atoms with E-state index in [1.807, 2.05) is 0 Å². The number of aromatic nitrogens is 2. The quantitative estimate of drug-likeness (QED) is 0.855. The molecule has 100 valence electrons. The van der Waals surface area contributed by atoms with Crippen LogP contribution in [0.2, 0.25) is 0 Å². The number of nitrogens with zero attached hydrogens (tertiary/aromatic N) is 1. The van der Waals surface area contributed by atoms with Crippen molar-refractivity contribution in [1.29, 1.82) is 0 Å². The van der Waals surface area contributed by atoms with Gasteiger partial charge in [-0.15, -0.1) is 0 Å². The van der Waals surface area contributed by atoms with Crippen LogP contribution in [-0.4, -0.2) is 34.8 Å². The molecule has 1 aromatic carbocycles. The molecule has 0 saturated heterocycles. The summed E-state index contributed by atoms with van der Waals surface area (Å²) in [6, 6.07) is 4.78. The van der Waals surface area contributed by atoms with Gasteiger partial charge in [0.1, 0.15) is 11.5 Å². The molecule has 0 amide bonds. The van der Waals surface area contributed by atoms with E-state index in [0.717, 1.165) is 10.8 Å². The lowest BCUT2D eigenvalue weighted by molar-refractivity contribution is 0.0688. The molecule has 0 aliphatic carbocycles. The zero-order chi connectivity index (χ0) is 14.0. The summed E-state index contributed by atoms with van der Waals surface area (Å²) in [6.45, 7) is 0. The highest BCUT2D eigenvalue weighted by atomic mass is 16.5. The molecule has 0 bridgehead atoms. The number of carboxylic acids is 1. The number of hydrogen-bond acceptors (Lipinski definition) is 4. The van der Waals surface area contributed by atoms with E-state index in [2.05, 4.69) is 4.98 Å². The van der Waals surface area contributed by atoms with Crippen LogP contribution >= 0.6 is 0 Å². The van der Waals surface area contributed by atoms with Crippen LogP contribution in [-0.2, 0) is 0 Å². The van der Waals surface area contributed by atoms with Crippen molar-refractivity contribution in [2.24, 2.45) is 0 Å². The van der Waals surface area contributed by atoms with Gasteiger partial charge in [0, 0.05) is 12.3 Å². The summed E-state index contributed by atoms with van der Waals surface area (Å²) in [5.74, 6) is -0.367. The first-order chi connectivity index (χ1) is 9.08. The summed E-state index contributed by atoms with van der Waals surface area (Å²) >= 11 is 0. The smallest absolute Gasteiger partial charge is 0.354 e. The summed E-state index contributed by atoms with van der Waals surface area (Å²) in [5, 5.41) is 9.08. The summed E-state index contributed by atoms with van der Waals surface area (Å²) in [5.41, 5.74) is -0.453. The van der Waals surface area contributed by atoms with E-state index in [-0.39, 0.29) is 5.69 Å². The molecule has 0 fully saturated rings. The van der Waals surface area contributed by atoms with Crippen LogP contribution in [0.1, 0.15) is 10.5 Å². The lowest BCUT2D eigenvalue weighted by Crippen LogP contribution is -2.19. The highest BCUT2D eigenvalue weighted by molar-refractivity contribution is 5.86. The Kier molecular flexibility index (Phi) is 3.28. The molecule has 0 atom stereocenters. The van der Waals surface area contributed by atoms with Crippen LogP contribution < -0.4 is 15.2 Å². The van der Waals surface area contributed by atoms with E-state index >= 15 is 0 Å². The van der Waals surface area contributed by atoms with E-state index in [1.54, 1.807) is 12.1 Å². The molecule has 2 rings (SSSR count). The third-order valence-corrected chi connectivity index (χ3v) is 2.62. The highest BCUT2D eigenvalue weighted by Crippen LogP contribution is 2.27. The fourth-order valence-electron chi connectivity index (χ4n) is 1.74. The van der Waals surface area contributed by atoms with Gasteiger partial charge in [-0.3, -0.25) is 4.57 Å². The molecule has 0 spiro atoms. The molecule has 1 heterocycles. The minimum atomic E-state index is -1.22. The summed E-state index contributed by atoms with van der Waals surface area (Å²) in [6.07, 6.45) is 1.13. The minimum Gasteiger partial charge on any atom is -0.497 e. The third kappa shape index (κ3) is 2.17. The molecule has 0 saturated carbocycles. The van der Waals surface area contributed by atoms with Crippen molar-refractivity contribution in [2.45, 2.75) is 0 Å². The van der Waals surface area contributed by atoms with Crippen molar-refractivity contribution >= 4 is 5.97 Å². The number of benzene rings is 1. The predicted molar refractivity (Wildman–Crippen MR) is 66.5 cm³/mol. The fraction of sp³-hybridized carbons (Fsp3) is 0.167. The number of nitrogens with one attached hydrogen (secondary N) is 1. The van der Waals surface area contributed by atoms with Crippen molar-refractivity contribution in [3.05, 3.63) is 40.6 Å². The number of imidazole rings is 1. The summed E-state index contributed by atoms with van der Waals surface area (Å²) in [7, 11) is 2.91. The first-order valence-electron chi connectivity index (χ1n) is 5.34. The average molecular weight is 264 g/mol. The molecule has 7 nitrogen and oxygen atoms in total. The van der Waals surface area contributed by atoms with Gasteiger partial charge in [-0.05, 0) is 12.1 Å². The van der Waals surface area contributed by atoms with Gasteiger partial charge in [-0.25, -0.2) is 9.59 Å². The number of carboxylic acid groups (broad SMARTS) is 1. The van der Waals surface area contributed by atoms with Gasteiger partial charge in [0.05, 0.1) is 19.9 Å². The molecule has 1 aromatic heterocycles. The van der Waals surface area contributed by atoms with Crippen molar-refractivity contribution in [1.82, 2.24) is 9.55 Å². The summed E-state index contributed by atoms with van der Waals surface area (Å²) < 4.78 is 11.2. The number of aromatic amines is 1. The van der Waals surface area contributed by atoms with Crippen molar-refractivity contribution < 1.29 is 19.4 Å². The van der Waals surface area contributed by atoms with E-state index in [0.29, 0.717) is 17.2 Å². The normalized spacial score (nSPS) is 10.2.